The first-order valence-corrected chi connectivity index (χ1v) is 6.36. The highest BCUT2D eigenvalue weighted by Gasteiger charge is 2.29. The second-order valence-electron chi connectivity index (χ2n) is 4.72. The van der Waals surface area contributed by atoms with Crippen molar-refractivity contribution in [3.8, 4) is 0 Å². The van der Waals surface area contributed by atoms with Crippen molar-refractivity contribution in [1.29, 1.82) is 0 Å². The molecular formula is C13H26. The summed E-state index contributed by atoms with van der Waals surface area (Å²) in [5.74, 6) is 3.31. The van der Waals surface area contributed by atoms with E-state index < -0.39 is 0 Å². The Morgan fingerprint density at radius 2 is 1.38 bits per heavy atom. The Morgan fingerprint density at radius 1 is 0.769 bits per heavy atom. The Kier molecular flexibility index (Phi) is 4.83. The van der Waals surface area contributed by atoms with E-state index in [9.17, 15) is 0 Å². The molecule has 0 aromatic heterocycles. The lowest BCUT2D eigenvalue weighted by Gasteiger charge is -2.38. The van der Waals surface area contributed by atoms with E-state index in [0.717, 1.165) is 17.8 Å². The molecule has 0 aromatic carbocycles. The maximum atomic E-state index is 2.44. The lowest BCUT2D eigenvalue weighted by atomic mass is 9.68. The molecule has 0 aliphatic heterocycles. The van der Waals surface area contributed by atoms with Crippen LogP contribution in [0.25, 0.3) is 0 Å². The summed E-state index contributed by atoms with van der Waals surface area (Å²) < 4.78 is 0. The van der Waals surface area contributed by atoms with Gasteiger partial charge in [0.15, 0.2) is 0 Å². The van der Waals surface area contributed by atoms with Crippen molar-refractivity contribution in [2.75, 3.05) is 0 Å². The van der Waals surface area contributed by atoms with Crippen LogP contribution in [-0.4, -0.2) is 0 Å². The Balaban J connectivity index is 0.000000396. The monoisotopic (exact) mass is 182 g/mol. The average molecular weight is 182 g/mol. The van der Waals surface area contributed by atoms with Crippen LogP contribution >= 0.6 is 0 Å². The second-order valence-corrected chi connectivity index (χ2v) is 4.72. The first kappa shape index (κ1) is 11.1. The van der Waals surface area contributed by atoms with Crippen LogP contribution in [0.3, 0.4) is 0 Å². The summed E-state index contributed by atoms with van der Waals surface area (Å²) in [7, 11) is 0. The van der Waals surface area contributed by atoms with Gasteiger partial charge in [-0.1, -0.05) is 52.9 Å². The van der Waals surface area contributed by atoms with Crippen molar-refractivity contribution >= 4 is 0 Å². The van der Waals surface area contributed by atoms with E-state index in [1.54, 1.807) is 25.7 Å². The van der Waals surface area contributed by atoms with Gasteiger partial charge in [-0.3, -0.25) is 0 Å². The molecule has 0 heterocycles. The molecule has 2 rings (SSSR count). The van der Waals surface area contributed by atoms with E-state index in [0.29, 0.717) is 0 Å². The lowest BCUT2D eigenvalue weighted by molar-refractivity contribution is 0.137. The summed E-state index contributed by atoms with van der Waals surface area (Å²) in [6.45, 7) is 6.44. The topological polar surface area (TPSA) is 0 Å². The van der Waals surface area contributed by atoms with Crippen LogP contribution in [0.4, 0.5) is 0 Å². The summed E-state index contributed by atoms with van der Waals surface area (Å²) in [5.41, 5.74) is 0. The smallest absolute Gasteiger partial charge is 0.0383 e. The zero-order valence-corrected chi connectivity index (χ0v) is 9.68. The maximum Gasteiger partial charge on any atom is -0.0383 e. The van der Waals surface area contributed by atoms with E-state index in [1.165, 1.54) is 19.3 Å². The highest BCUT2D eigenvalue weighted by molar-refractivity contribution is 4.81. The summed E-state index contributed by atoms with van der Waals surface area (Å²) in [5, 5.41) is 0. The molecule has 0 nitrogen and oxygen atoms in total. The van der Waals surface area contributed by atoms with Gasteiger partial charge in [-0.2, -0.15) is 0 Å². The minimum atomic E-state index is 1.04. The van der Waals surface area contributed by atoms with E-state index in [-0.39, 0.29) is 0 Å². The Hall–Kier alpha value is 0. The van der Waals surface area contributed by atoms with Gasteiger partial charge in [0.2, 0.25) is 0 Å². The number of hydrogen-bond acceptors (Lipinski definition) is 0. The third-order valence-electron chi connectivity index (χ3n) is 3.80. The van der Waals surface area contributed by atoms with Crippen LogP contribution in [-0.2, 0) is 0 Å². The fourth-order valence-corrected chi connectivity index (χ4v) is 3.11. The maximum absolute atomic E-state index is 2.44. The molecular weight excluding hydrogens is 156 g/mol. The number of fused-ring (bicyclic) bond motifs is 1. The van der Waals surface area contributed by atoms with Crippen molar-refractivity contribution in [1.82, 2.24) is 0 Å². The van der Waals surface area contributed by atoms with Crippen molar-refractivity contribution in [3.05, 3.63) is 0 Å². The van der Waals surface area contributed by atoms with Gasteiger partial charge >= 0.3 is 0 Å². The van der Waals surface area contributed by atoms with Gasteiger partial charge in [0.05, 0.1) is 0 Å². The van der Waals surface area contributed by atoms with Crippen molar-refractivity contribution in [3.63, 3.8) is 0 Å². The van der Waals surface area contributed by atoms with Gasteiger partial charge in [0, 0.05) is 0 Å². The SMILES string of the molecule is CC.CC1CCC2CCCCC2C1. The van der Waals surface area contributed by atoms with Crippen LogP contribution in [0.2, 0.25) is 0 Å². The predicted molar refractivity (Wildman–Crippen MR) is 59.8 cm³/mol. The van der Waals surface area contributed by atoms with Gasteiger partial charge < -0.3 is 0 Å². The van der Waals surface area contributed by atoms with E-state index in [1.807, 2.05) is 13.8 Å². The zero-order valence-electron chi connectivity index (χ0n) is 9.68. The molecule has 0 N–H and O–H groups in total. The molecule has 0 aromatic rings. The zero-order chi connectivity index (χ0) is 9.68. The average Bonchev–Trinajstić information content (AvgIpc) is 2.21. The van der Waals surface area contributed by atoms with Crippen LogP contribution in [0.1, 0.15) is 65.7 Å². The van der Waals surface area contributed by atoms with Crippen molar-refractivity contribution in [2.45, 2.75) is 65.7 Å². The predicted octanol–water partition coefficient (Wildman–Crippen LogP) is 4.64. The van der Waals surface area contributed by atoms with Crippen molar-refractivity contribution in [2.24, 2.45) is 17.8 Å². The van der Waals surface area contributed by atoms with Crippen LogP contribution in [0.5, 0.6) is 0 Å². The molecule has 0 spiro atoms. The van der Waals surface area contributed by atoms with E-state index >= 15 is 0 Å². The highest BCUT2D eigenvalue weighted by Crippen LogP contribution is 2.42. The second kappa shape index (κ2) is 5.67. The molecule has 2 fully saturated rings. The van der Waals surface area contributed by atoms with Crippen LogP contribution < -0.4 is 0 Å². The largest absolute Gasteiger partial charge is 0.0683 e. The highest BCUT2D eigenvalue weighted by atomic mass is 14.4. The van der Waals surface area contributed by atoms with Crippen molar-refractivity contribution < 1.29 is 0 Å². The Morgan fingerprint density at radius 3 is 2.08 bits per heavy atom. The quantitative estimate of drug-likeness (QED) is 0.512. The molecule has 3 unspecified atom stereocenters. The third-order valence-corrected chi connectivity index (χ3v) is 3.80. The summed E-state index contributed by atoms with van der Waals surface area (Å²) >= 11 is 0. The summed E-state index contributed by atoms with van der Waals surface area (Å²) in [4.78, 5) is 0. The molecule has 13 heavy (non-hydrogen) atoms. The third kappa shape index (κ3) is 3.00. The molecule has 0 amide bonds. The van der Waals surface area contributed by atoms with Gasteiger partial charge in [0.25, 0.3) is 0 Å². The molecule has 2 aliphatic carbocycles. The van der Waals surface area contributed by atoms with Crippen LogP contribution in [0.15, 0.2) is 0 Å². The molecule has 0 heteroatoms. The molecule has 78 valence electrons. The van der Waals surface area contributed by atoms with Gasteiger partial charge in [-0.05, 0) is 30.6 Å². The van der Waals surface area contributed by atoms with Crippen LogP contribution in [0, 0.1) is 17.8 Å². The van der Waals surface area contributed by atoms with Gasteiger partial charge in [-0.15, -0.1) is 0 Å². The summed E-state index contributed by atoms with van der Waals surface area (Å²) in [6, 6.07) is 0. The molecule has 2 aliphatic rings. The molecule has 2 saturated carbocycles. The fraction of sp³-hybridized carbons (Fsp3) is 1.00. The molecule has 0 bridgehead atoms. The molecule has 0 radical (unpaired) electrons. The Labute approximate surface area is 84.1 Å². The first-order chi connectivity index (χ1) is 6.36. The minimum Gasteiger partial charge on any atom is -0.0683 e. The van der Waals surface area contributed by atoms with Gasteiger partial charge in [0.1, 0.15) is 0 Å². The van der Waals surface area contributed by atoms with E-state index in [2.05, 4.69) is 6.92 Å². The molecule has 0 saturated heterocycles. The molecule has 3 atom stereocenters. The Bertz CT molecular complexity index is 128. The minimum absolute atomic E-state index is 1.04. The lowest BCUT2D eigenvalue weighted by Crippen LogP contribution is -2.26. The summed E-state index contributed by atoms with van der Waals surface area (Å²) in [6.07, 6.45) is 10.8. The number of hydrogen-bond donors (Lipinski definition) is 0. The fourth-order valence-electron chi connectivity index (χ4n) is 3.11. The number of rotatable bonds is 0. The van der Waals surface area contributed by atoms with E-state index in [4.69, 9.17) is 0 Å². The standard InChI is InChI=1S/C11H20.C2H6/c1-9-6-7-10-4-2-3-5-11(10)8-9;1-2/h9-11H,2-8H2,1H3;1-2H3. The normalized spacial score (nSPS) is 38.5. The first-order valence-electron chi connectivity index (χ1n) is 6.36. The van der Waals surface area contributed by atoms with Gasteiger partial charge in [-0.25, -0.2) is 0 Å².